The molecule has 1 aliphatic rings. The third-order valence-electron chi connectivity index (χ3n) is 4.24. The van der Waals surface area contributed by atoms with E-state index in [1.165, 1.54) is 47.4 Å². The van der Waals surface area contributed by atoms with Gasteiger partial charge in [-0.05, 0) is 48.9 Å². The maximum atomic E-state index is 12.5. The molecule has 2 amide bonds. The molecule has 2 aromatic rings. The summed E-state index contributed by atoms with van der Waals surface area (Å²) in [5.41, 5.74) is 0.864. The highest BCUT2D eigenvalue weighted by atomic mass is 35.5. The first-order valence-corrected chi connectivity index (χ1v) is 10.2. The van der Waals surface area contributed by atoms with Crippen LogP contribution in [0.25, 0.3) is 0 Å². The van der Waals surface area contributed by atoms with E-state index in [1.807, 2.05) is 0 Å². The zero-order chi connectivity index (χ0) is 21.7. The minimum atomic E-state index is -2.53. The molecule has 10 heteroatoms. The first-order valence-electron chi connectivity index (χ1n) is 8.95. The third-order valence-corrected chi connectivity index (χ3v) is 5.20. The lowest BCUT2D eigenvalue weighted by Crippen LogP contribution is -2.27. The second-order valence-electron chi connectivity index (χ2n) is 6.34. The molecule has 2 aromatic carbocycles. The summed E-state index contributed by atoms with van der Waals surface area (Å²) in [4.78, 5) is 38.4. The van der Waals surface area contributed by atoms with Crippen molar-refractivity contribution in [1.29, 1.82) is 0 Å². The highest BCUT2D eigenvalue weighted by molar-refractivity contribution is 7.99. The van der Waals surface area contributed by atoms with Crippen molar-refractivity contribution in [3.05, 3.63) is 53.1 Å². The molecule has 1 N–H and O–H groups in total. The van der Waals surface area contributed by atoms with Crippen molar-refractivity contribution in [2.24, 2.45) is 0 Å². The van der Waals surface area contributed by atoms with Gasteiger partial charge in [-0.1, -0.05) is 23.4 Å². The first-order chi connectivity index (χ1) is 14.3. The molecule has 1 saturated heterocycles. The van der Waals surface area contributed by atoms with Crippen molar-refractivity contribution < 1.29 is 27.9 Å². The molecule has 1 fully saturated rings. The molecular weight excluding hydrogens is 438 g/mol. The van der Waals surface area contributed by atoms with Gasteiger partial charge < -0.3 is 15.0 Å². The highest BCUT2D eigenvalue weighted by Gasteiger charge is 2.27. The number of benzene rings is 2. The Morgan fingerprint density at radius 3 is 2.57 bits per heavy atom. The topological polar surface area (TPSA) is 75.7 Å². The van der Waals surface area contributed by atoms with Gasteiger partial charge >= 0.3 is 5.97 Å². The van der Waals surface area contributed by atoms with Crippen LogP contribution in [0.15, 0.2) is 47.4 Å². The van der Waals surface area contributed by atoms with Gasteiger partial charge in [0.25, 0.3) is 11.7 Å². The number of hydrogen-bond acceptors (Lipinski definition) is 5. The molecule has 0 radical (unpaired) electrons. The van der Waals surface area contributed by atoms with Crippen molar-refractivity contribution in [3.8, 4) is 0 Å². The fourth-order valence-electron chi connectivity index (χ4n) is 2.93. The van der Waals surface area contributed by atoms with Gasteiger partial charge in [-0.3, -0.25) is 9.59 Å². The average molecular weight is 455 g/mol. The Hall–Kier alpha value is -2.65. The lowest BCUT2D eigenvalue weighted by molar-refractivity contribution is -0.119. The Bertz CT molecular complexity index is 956. The van der Waals surface area contributed by atoms with Crippen molar-refractivity contribution in [2.75, 3.05) is 23.4 Å². The quantitative estimate of drug-likeness (QED) is 0.489. The second kappa shape index (κ2) is 9.90. The minimum Gasteiger partial charge on any atom is -0.452 e. The molecule has 0 aromatic heterocycles. The van der Waals surface area contributed by atoms with Gasteiger partial charge in [-0.25, -0.2) is 4.79 Å². The van der Waals surface area contributed by atoms with Crippen LogP contribution in [0.1, 0.15) is 23.2 Å². The first kappa shape index (κ1) is 22.0. The number of ether oxygens (including phenoxy) is 1. The molecule has 0 atom stereocenters. The van der Waals surface area contributed by atoms with Gasteiger partial charge in [0.2, 0.25) is 5.91 Å². The summed E-state index contributed by atoms with van der Waals surface area (Å²) in [6.07, 6.45) is 1.06. The van der Waals surface area contributed by atoms with Crippen LogP contribution in [-0.4, -0.2) is 36.7 Å². The number of thioether (sulfide) groups is 1. The van der Waals surface area contributed by atoms with Crippen molar-refractivity contribution in [3.63, 3.8) is 0 Å². The SMILES string of the molecule is O=C(COC(=O)c1ccc(Cl)cc1N1CCCC1=O)Nc1ccc(SC(F)F)cc1. The van der Waals surface area contributed by atoms with Crippen LogP contribution < -0.4 is 10.2 Å². The molecule has 0 spiro atoms. The summed E-state index contributed by atoms with van der Waals surface area (Å²) in [5.74, 6) is -4.00. The number of anilines is 2. The number of esters is 1. The average Bonchev–Trinajstić information content (AvgIpc) is 3.13. The maximum absolute atomic E-state index is 12.5. The Morgan fingerprint density at radius 2 is 1.93 bits per heavy atom. The molecule has 1 heterocycles. The molecule has 3 rings (SSSR count). The second-order valence-corrected chi connectivity index (χ2v) is 7.84. The molecular formula is C20H17ClF2N2O4S. The normalized spacial score (nSPS) is 13.6. The van der Waals surface area contributed by atoms with Gasteiger partial charge in [0.1, 0.15) is 0 Å². The van der Waals surface area contributed by atoms with Gasteiger partial charge in [-0.2, -0.15) is 8.78 Å². The molecule has 6 nitrogen and oxygen atoms in total. The number of hydrogen-bond donors (Lipinski definition) is 1. The van der Waals surface area contributed by atoms with E-state index in [0.717, 1.165) is 0 Å². The summed E-state index contributed by atoms with van der Waals surface area (Å²) in [6.45, 7) is -0.0812. The van der Waals surface area contributed by atoms with E-state index >= 15 is 0 Å². The van der Waals surface area contributed by atoms with Crippen molar-refractivity contribution >= 4 is 52.5 Å². The van der Waals surface area contributed by atoms with Crippen LogP contribution in [0.3, 0.4) is 0 Å². The van der Waals surface area contributed by atoms with E-state index in [9.17, 15) is 23.2 Å². The van der Waals surface area contributed by atoms with Crippen LogP contribution in [-0.2, 0) is 14.3 Å². The standard InChI is InChI=1S/C20H17ClF2N2O4S/c21-12-3-8-15(16(10-12)25-9-1-2-18(25)27)19(28)29-11-17(26)24-13-4-6-14(7-5-13)30-20(22)23/h3-8,10,20H,1-2,9,11H2,(H,24,26). The number of rotatable bonds is 7. The fourth-order valence-corrected chi connectivity index (χ4v) is 3.59. The molecule has 0 saturated carbocycles. The van der Waals surface area contributed by atoms with E-state index in [-0.39, 0.29) is 11.5 Å². The zero-order valence-corrected chi connectivity index (χ0v) is 17.1. The summed E-state index contributed by atoms with van der Waals surface area (Å²) < 4.78 is 29.7. The van der Waals surface area contributed by atoms with Gasteiger partial charge in [0.05, 0.1) is 11.3 Å². The molecule has 0 unspecified atom stereocenters. The Morgan fingerprint density at radius 1 is 1.20 bits per heavy atom. The van der Waals surface area contributed by atoms with Gasteiger partial charge in [-0.15, -0.1) is 0 Å². The predicted molar refractivity (Wildman–Crippen MR) is 110 cm³/mol. The van der Waals surface area contributed by atoms with Crippen LogP contribution in [0.4, 0.5) is 20.2 Å². The molecule has 0 aliphatic carbocycles. The zero-order valence-electron chi connectivity index (χ0n) is 15.6. The largest absolute Gasteiger partial charge is 0.452 e. The predicted octanol–water partition coefficient (Wildman–Crippen LogP) is 4.58. The number of halogens is 3. The minimum absolute atomic E-state index is 0.113. The highest BCUT2D eigenvalue weighted by Crippen LogP contribution is 2.29. The number of nitrogens with zero attached hydrogens (tertiary/aromatic N) is 1. The lowest BCUT2D eigenvalue weighted by Gasteiger charge is -2.19. The van der Waals surface area contributed by atoms with E-state index in [2.05, 4.69) is 5.32 Å². The number of carbonyl (C=O) groups excluding carboxylic acids is 3. The van der Waals surface area contributed by atoms with Crippen LogP contribution in [0, 0.1) is 0 Å². The Labute approximate surface area is 180 Å². The third kappa shape index (κ3) is 5.70. The summed E-state index contributed by atoms with van der Waals surface area (Å²) >= 11 is 6.40. The lowest BCUT2D eigenvalue weighted by atomic mass is 10.1. The molecule has 158 valence electrons. The molecule has 1 aliphatic heterocycles. The smallest absolute Gasteiger partial charge is 0.340 e. The number of carbonyl (C=O) groups is 3. The monoisotopic (exact) mass is 454 g/mol. The summed E-state index contributed by atoms with van der Waals surface area (Å²) in [6, 6.07) is 10.3. The summed E-state index contributed by atoms with van der Waals surface area (Å²) in [7, 11) is 0. The van der Waals surface area contributed by atoms with E-state index in [4.69, 9.17) is 16.3 Å². The fraction of sp³-hybridized carbons (Fsp3) is 0.250. The molecule has 30 heavy (non-hydrogen) atoms. The number of nitrogens with one attached hydrogen (secondary N) is 1. The summed E-state index contributed by atoms with van der Waals surface area (Å²) in [5, 5.41) is 2.88. The van der Waals surface area contributed by atoms with Gasteiger partial charge in [0, 0.05) is 28.6 Å². The van der Waals surface area contributed by atoms with E-state index in [0.29, 0.717) is 52.4 Å². The van der Waals surface area contributed by atoms with Crippen molar-refractivity contribution in [1.82, 2.24) is 0 Å². The van der Waals surface area contributed by atoms with Gasteiger partial charge in [0.15, 0.2) is 6.61 Å². The number of alkyl halides is 2. The Kier molecular flexibility index (Phi) is 7.28. The molecule has 0 bridgehead atoms. The van der Waals surface area contributed by atoms with Crippen LogP contribution in [0.2, 0.25) is 5.02 Å². The van der Waals surface area contributed by atoms with E-state index in [1.54, 1.807) is 0 Å². The van der Waals surface area contributed by atoms with Crippen LogP contribution in [0.5, 0.6) is 0 Å². The van der Waals surface area contributed by atoms with E-state index < -0.39 is 24.2 Å². The van der Waals surface area contributed by atoms with Crippen LogP contribution >= 0.6 is 23.4 Å². The maximum Gasteiger partial charge on any atom is 0.340 e. The number of amides is 2. The van der Waals surface area contributed by atoms with Crippen molar-refractivity contribution in [2.45, 2.75) is 23.5 Å². The Balaban J connectivity index is 1.60.